The van der Waals surface area contributed by atoms with Crippen molar-refractivity contribution in [3.05, 3.63) is 52.1 Å². The number of rotatable bonds is 1. The van der Waals surface area contributed by atoms with Crippen LogP contribution >= 0.6 is 23.5 Å². The Morgan fingerprint density at radius 2 is 1.83 bits per heavy atom. The van der Waals surface area contributed by atoms with Gasteiger partial charge < -0.3 is 0 Å². The maximum absolute atomic E-state index is 3.90. The van der Waals surface area contributed by atoms with Crippen LogP contribution in [-0.2, 0) is 0 Å². The molecule has 1 aromatic carbocycles. The van der Waals surface area contributed by atoms with Gasteiger partial charge in [-0.05, 0) is 11.0 Å². The van der Waals surface area contributed by atoms with Crippen molar-refractivity contribution in [2.75, 3.05) is 0 Å². The molecule has 60 valence electrons. The van der Waals surface area contributed by atoms with E-state index in [0.29, 0.717) is 0 Å². The Morgan fingerprint density at radius 3 is 2.42 bits per heavy atom. The van der Waals surface area contributed by atoms with Crippen molar-refractivity contribution < 1.29 is 0 Å². The Bertz CT molecular complexity index is 325. The lowest BCUT2D eigenvalue weighted by Crippen LogP contribution is -1.73. The van der Waals surface area contributed by atoms with Gasteiger partial charge in [-0.15, -0.1) is 0 Å². The molecule has 0 atom stereocenters. The zero-order chi connectivity index (χ0) is 8.39. The van der Waals surface area contributed by atoms with Crippen molar-refractivity contribution in [1.82, 2.24) is 0 Å². The normalized spacial score (nSPS) is 16.3. The number of hydrogen-bond acceptors (Lipinski definition) is 2. The summed E-state index contributed by atoms with van der Waals surface area (Å²) in [6.07, 6.45) is 0. The summed E-state index contributed by atoms with van der Waals surface area (Å²) in [4.78, 5) is 1.31. The molecule has 0 unspecified atom stereocenters. The minimum Gasteiger partial charge on any atom is -0.0901 e. The fraction of sp³-hybridized carbons (Fsp3) is 0. The van der Waals surface area contributed by atoms with E-state index < -0.39 is 0 Å². The van der Waals surface area contributed by atoms with E-state index in [-0.39, 0.29) is 0 Å². The molecule has 0 aromatic heterocycles. The third-order valence-electron chi connectivity index (χ3n) is 1.58. The van der Waals surface area contributed by atoms with Gasteiger partial charge in [0.25, 0.3) is 0 Å². The van der Waals surface area contributed by atoms with Crippen LogP contribution < -0.4 is 0 Å². The third-order valence-corrected chi connectivity index (χ3v) is 3.68. The fourth-order valence-corrected chi connectivity index (χ4v) is 2.84. The smallest absolute Gasteiger partial charge is 0.0421 e. The lowest BCUT2D eigenvalue weighted by molar-refractivity contribution is 1.66. The van der Waals surface area contributed by atoms with E-state index in [0.717, 1.165) is 4.24 Å². The number of hydrogen-bond donors (Lipinski definition) is 0. The Kier molecular flexibility index (Phi) is 2.28. The molecule has 0 nitrogen and oxygen atoms in total. The van der Waals surface area contributed by atoms with Crippen LogP contribution in [0.3, 0.4) is 0 Å². The van der Waals surface area contributed by atoms with Crippen LogP contribution in [0.25, 0.3) is 4.91 Å². The Labute approximate surface area is 80.8 Å². The molecule has 0 bridgehead atoms. The first-order valence-corrected chi connectivity index (χ1v) is 5.35. The maximum atomic E-state index is 3.90. The van der Waals surface area contributed by atoms with Crippen molar-refractivity contribution in [1.29, 1.82) is 0 Å². The van der Waals surface area contributed by atoms with E-state index in [1.165, 1.54) is 10.5 Å². The molecule has 0 amide bonds. The first-order chi connectivity index (χ1) is 5.86. The van der Waals surface area contributed by atoms with Gasteiger partial charge in [0.1, 0.15) is 0 Å². The summed E-state index contributed by atoms with van der Waals surface area (Å²) < 4.78 is 1.16. The Morgan fingerprint density at radius 1 is 1.08 bits per heavy atom. The highest BCUT2D eigenvalue weighted by atomic mass is 32.2. The summed E-state index contributed by atoms with van der Waals surface area (Å²) in [5.41, 5.74) is 1.29. The topological polar surface area (TPSA) is 0 Å². The second-order valence-corrected chi connectivity index (χ2v) is 4.80. The molecule has 0 saturated carbocycles. The average molecular weight is 192 g/mol. The molecular weight excluding hydrogens is 184 g/mol. The summed E-state index contributed by atoms with van der Waals surface area (Å²) in [5.74, 6) is 0. The Hall–Kier alpha value is -0.600. The molecule has 2 rings (SSSR count). The van der Waals surface area contributed by atoms with Crippen LogP contribution in [0.15, 0.2) is 46.6 Å². The molecular formula is C10H8S2. The average Bonchev–Trinajstić information content (AvgIpc) is 2.54. The van der Waals surface area contributed by atoms with E-state index in [4.69, 9.17) is 0 Å². The van der Waals surface area contributed by atoms with Crippen molar-refractivity contribution >= 4 is 28.4 Å². The molecule has 12 heavy (non-hydrogen) atoms. The highest BCUT2D eigenvalue weighted by molar-refractivity contribution is 8.31. The molecule has 1 aliphatic rings. The standard InChI is InChI=1S/C10H8S2/c1-8-11-7-10(12-8)9-5-3-2-4-6-9/h2-7H,1H2. The molecule has 0 N–H and O–H groups in total. The summed E-state index contributed by atoms with van der Waals surface area (Å²) in [6, 6.07) is 10.4. The maximum Gasteiger partial charge on any atom is 0.0421 e. The summed E-state index contributed by atoms with van der Waals surface area (Å²) in [7, 11) is 0. The van der Waals surface area contributed by atoms with E-state index in [1.807, 2.05) is 6.07 Å². The van der Waals surface area contributed by atoms with Gasteiger partial charge in [0.15, 0.2) is 0 Å². The van der Waals surface area contributed by atoms with Crippen LogP contribution in [0.5, 0.6) is 0 Å². The minimum absolute atomic E-state index is 1.16. The zero-order valence-corrected chi connectivity index (χ0v) is 8.12. The molecule has 0 radical (unpaired) electrons. The van der Waals surface area contributed by atoms with E-state index >= 15 is 0 Å². The highest BCUT2D eigenvalue weighted by Crippen LogP contribution is 2.46. The first kappa shape index (κ1) is 8.02. The van der Waals surface area contributed by atoms with E-state index in [1.54, 1.807) is 23.5 Å². The van der Waals surface area contributed by atoms with E-state index in [9.17, 15) is 0 Å². The predicted molar refractivity (Wildman–Crippen MR) is 58.7 cm³/mol. The van der Waals surface area contributed by atoms with Crippen molar-refractivity contribution in [3.8, 4) is 0 Å². The monoisotopic (exact) mass is 192 g/mol. The third kappa shape index (κ3) is 1.59. The van der Waals surface area contributed by atoms with Crippen molar-refractivity contribution in [3.63, 3.8) is 0 Å². The molecule has 1 aromatic rings. The van der Waals surface area contributed by atoms with Gasteiger partial charge in [0.2, 0.25) is 0 Å². The van der Waals surface area contributed by atoms with Gasteiger partial charge in [-0.3, -0.25) is 0 Å². The van der Waals surface area contributed by atoms with Crippen LogP contribution in [0.2, 0.25) is 0 Å². The number of thioether (sulfide) groups is 2. The lowest BCUT2D eigenvalue weighted by atomic mass is 10.2. The van der Waals surface area contributed by atoms with Crippen LogP contribution in [0.1, 0.15) is 5.56 Å². The molecule has 1 aliphatic heterocycles. The molecule has 1 heterocycles. The zero-order valence-electron chi connectivity index (χ0n) is 6.49. The summed E-state index contributed by atoms with van der Waals surface area (Å²) in [5, 5.41) is 2.16. The number of benzene rings is 1. The van der Waals surface area contributed by atoms with Crippen LogP contribution in [0, 0.1) is 0 Å². The summed E-state index contributed by atoms with van der Waals surface area (Å²) in [6.45, 7) is 3.90. The second kappa shape index (κ2) is 3.42. The minimum atomic E-state index is 1.16. The first-order valence-electron chi connectivity index (χ1n) is 3.65. The van der Waals surface area contributed by atoms with Gasteiger partial charge in [-0.25, -0.2) is 0 Å². The molecule has 2 heteroatoms. The lowest BCUT2D eigenvalue weighted by Gasteiger charge is -1.98. The van der Waals surface area contributed by atoms with Crippen LogP contribution in [0.4, 0.5) is 0 Å². The van der Waals surface area contributed by atoms with Gasteiger partial charge in [-0.2, -0.15) is 0 Å². The fourth-order valence-electron chi connectivity index (χ4n) is 1.02. The molecule has 0 spiro atoms. The SMILES string of the molecule is C=C1SC=C(c2ccccc2)S1. The Balaban J connectivity index is 2.28. The quantitative estimate of drug-likeness (QED) is 0.661. The van der Waals surface area contributed by atoms with Crippen molar-refractivity contribution in [2.24, 2.45) is 0 Å². The van der Waals surface area contributed by atoms with Gasteiger partial charge in [0.05, 0.1) is 0 Å². The van der Waals surface area contributed by atoms with Crippen molar-refractivity contribution in [2.45, 2.75) is 0 Å². The van der Waals surface area contributed by atoms with Gasteiger partial charge in [-0.1, -0.05) is 60.4 Å². The summed E-state index contributed by atoms with van der Waals surface area (Å²) >= 11 is 3.45. The van der Waals surface area contributed by atoms with Gasteiger partial charge >= 0.3 is 0 Å². The highest BCUT2D eigenvalue weighted by Gasteiger charge is 2.10. The van der Waals surface area contributed by atoms with Crippen LogP contribution in [-0.4, -0.2) is 0 Å². The molecule has 0 saturated heterocycles. The molecule has 0 fully saturated rings. The van der Waals surface area contributed by atoms with Gasteiger partial charge in [0, 0.05) is 9.14 Å². The predicted octanol–water partition coefficient (Wildman–Crippen LogP) is 3.94. The molecule has 0 aliphatic carbocycles. The largest absolute Gasteiger partial charge is 0.0901 e. The van der Waals surface area contributed by atoms with E-state index in [2.05, 4.69) is 36.3 Å². The second-order valence-electron chi connectivity index (χ2n) is 2.44.